The Kier molecular flexibility index (Phi) is 4.53. The third-order valence-electron chi connectivity index (χ3n) is 2.55. The molecule has 21 heavy (non-hydrogen) atoms. The summed E-state index contributed by atoms with van der Waals surface area (Å²) in [5.41, 5.74) is 1.37. The first-order valence-electron chi connectivity index (χ1n) is 5.76. The average molecular weight is 322 g/mol. The van der Waals surface area contributed by atoms with Crippen LogP contribution in [0.25, 0.3) is 0 Å². The van der Waals surface area contributed by atoms with Crippen molar-refractivity contribution in [1.82, 2.24) is 0 Å². The highest BCUT2D eigenvalue weighted by Crippen LogP contribution is 2.34. The van der Waals surface area contributed by atoms with Crippen molar-refractivity contribution < 1.29 is 9.90 Å². The van der Waals surface area contributed by atoms with E-state index in [0.717, 1.165) is 0 Å². The molecule has 0 aliphatic heterocycles. The first-order chi connectivity index (χ1) is 9.99. The number of hydrogen-bond acceptors (Lipinski definition) is 3. The minimum atomic E-state index is -0.502. The van der Waals surface area contributed by atoms with Gasteiger partial charge in [-0.1, -0.05) is 23.2 Å². The topological polar surface area (TPSA) is 85.2 Å². The van der Waals surface area contributed by atoms with Crippen molar-refractivity contribution in [2.45, 2.75) is 0 Å². The molecule has 2 rings (SSSR count). The summed E-state index contributed by atoms with van der Waals surface area (Å²) in [6, 6.07) is 10.6. The second kappa shape index (κ2) is 6.35. The fourth-order valence-corrected chi connectivity index (χ4v) is 2.05. The second-order valence-electron chi connectivity index (χ2n) is 4.06. The van der Waals surface area contributed by atoms with Crippen molar-refractivity contribution in [2.24, 2.45) is 0 Å². The van der Waals surface area contributed by atoms with Crippen LogP contribution in [0.3, 0.4) is 0 Å². The number of carbonyl (C=O) groups excluding carboxylic acids is 1. The van der Waals surface area contributed by atoms with Crippen molar-refractivity contribution in [3.05, 3.63) is 52.0 Å². The molecule has 0 unspecified atom stereocenters. The van der Waals surface area contributed by atoms with Crippen LogP contribution in [0, 0.1) is 11.3 Å². The molecular formula is C14H9Cl2N3O2. The SMILES string of the molecule is N#Cc1ccc(NC(=O)Nc2cc(Cl)c(O)c(Cl)c2)cc1. The van der Waals surface area contributed by atoms with E-state index in [0.29, 0.717) is 16.9 Å². The second-order valence-corrected chi connectivity index (χ2v) is 4.87. The summed E-state index contributed by atoms with van der Waals surface area (Å²) in [4.78, 5) is 11.8. The fourth-order valence-electron chi connectivity index (χ4n) is 1.56. The molecule has 0 spiro atoms. The summed E-state index contributed by atoms with van der Waals surface area (Å²) in [5, 5.41) is 23.3. The van der Waals surface area contributed by atoms with E-state index in [1.807, 2.05) is 6.07 Å². The van der Waals surface area contributed by atoms with Gasteiger partial charge in [-0.2, -0.15) is 5.26 Å². The van der Waals surface area contributed by atoms with Gasteiger partial charge < -0.3 is 15.7 Å². The van der Waals surface area contributed by atoms with Gasteiger partial charge >= 0.3 is 6.03 Å². The minimum absolute atomic E-state index is 0.0381. The molecule has 0 bridgehead atoms. The maximum Gasteiger partial charge on any atom is 0.323 e. The highest BCUT2D eigenvalue weighted by atomic mass is 35.5. The van der Waals surface area contributed by atoms with Crippen LogP contribution in [0.1, 0.15) is 5.56 Å². The van der Waals surface area contributed by atoms with Crippen LogP contribution in [0.4, 0.5) is 16.2 Å². The number of halogens is 2. The number of benzene rings is 2. The quantitative estimate of drug-likeness (QED) is 0.724. The molecule has 3 N–H and O–H groups in total. The van der Waals surface area contributed by atoms with Crippen molar-refractivity contribution in [3.8, 4) is 11.8 Å². The van der Waals surface area contributed by atoms with Gasteiger partial charge in [-0.15, -0.1) is 0 Å². The summed E-state index contributed by atoms with van der Waals surface area (Å²) >= 11 is 11.5. The Bertz CT molecular complexity index is 701. The summed E-state index contributed by atoms with van der Waals surface area (Å²) in [6.07, 6.45) is 0. The normalized spacial score (nSPS) is 9.76. The first kappa shape index (κ1) is 15.0. The Labute approximate surface area is 130 Å². The third-order valence-corrected chi connectivity index (χ3v) is 3.12. The number of nitrogens with zero attached hydrogens (tertiary/aromatic N) is 1. The third kappa shape index (κ3) is 3.78. The highest BCUT2D eigenvalue weighted by molar-refractivity contribution is 6.37. The molecule has 2 amide bonds. The molecule has 0 radical (unpaired) electrons. The van der Waals surface area contributed by atoms with E-state index in [9.17, 15) is 9.90 Å². The minimum Gasteiger partial charge on any atom is -0.505 e. The Hall–Kier alpha value is -2.42. The Morgan fingerprint density at radius 3 is 2.10 bits per heavy atom. The maximum absolute atomic E-state index is 11.8. The molecule has 0 aliphatic rings. The van der Waals surface area contributed by atoms with Crippen molar-refractivity contribution in [1.29, 1.82) is 5.26 Å². The van der Waals surface area contributed by atoms with Gasteiger partial charge in [-0.05, 0) is 36.4 Å². The molecule has 0 saturated carbocycles. The predicted octanol–water partition coefficient (Wildman–Crippen LogP) is 4.21. The molecule has 2 aromatic rings. The lowest BCUT2D eigenvalue weighted by molar-refractivity contribution is 0.262. The van der Waals surface area contributed by atoms with E-state index in [2.05, 4.69) is 10.6 Å². The van der Waals surface area contributed by atoms with E-state index < -0.39 is 6.03 Å². The van der Waals surface area contributed by atoms with Crippen LogP contribution in [0.15, 0.2) is 36.4 Å². The highest BCUT2D eigenvalue weighted by Gasteiger charge is 2.09. The fraction of sp³-hybridized carbons (Fsp3) is 0. The lowest BCUT2D eigenvalue weighted by Crippen LogP contribution is -2.19. The zero-order valence-electron chi connectivity index (χ0n) is 10.5. The van der Waals surface area contributed by atoms with E-state index in [-0.39, 0.29) is 15.8 Å². The number of amides is 2. The van der Waals surface area contributed by atoms with Crippen LogP contribution in [-0.2, 0) is 0 Å². The van der Waals surface area contributed by atoms with E-state index in [1.54, 1.807) is 24.3 Å². The van der Waals surface area contributed by atoms with Crippen LogP contribution >= 0.6 is 23.2 Å². The Morgan fingerprint density at radius 1 is 1.05 bits per heavy atom. The molecule has 5 nitrogen and oxygen atoms in total. The lowest BCUT2D eigenvalue weighted by atomic mass is 10.2. The first-order valence-corrected chi connectivity index (χ1v) is 6.51. The Balaban J connectivity index is 2.06. The molecule has 106 valence electrons. The number of anilines is 2. The van der Waals surface area contributed by atoms with Gasteiger partial charge in [0.1, 0.15) is 0 Å². The molecule has 2 aromatic carbocycles. The van der Waals surface area contributed by atoms with E-state index >= 15 is 0 Å². The van der Waals surface area contributed by atoms with Crippen LogP contribution in [-0.4, -0.2) is 11.1 Å². The van der Waals surface area contributed by atoms with Crippen molar-refractivity contribution in [3.63, 3.8) is 0 Å². The van der Waals surface area contributed by atoms with Gasteiger partial charge in [0.25, 0.3) is 0 Å². The van der Waals surface area contributed by atoms with Crippen molar-refractivity contribution >= 4 is 40.6 Å². The molecule has 0 atom stereocenters. The number of phenolic OH excluding ortho intramolecular Hbond substituents is 1. The summed E-state index contributed by atoms with van der Waals surface area (Å²) in [6.45, 7) is 0. The summed E-state index contributed by atoms with van der Waals surface area (Å²) in [5.74, 6) is -0.239. The smallest absolute Gasteiger partial charge is 0.323 e. The zero-order valence-corrected chi connectivity index (χ0v) is 12.0. The van der Waals surface area contributed by atoms with Crippen molar-refractivity contribution in [2.75, 3.05) is 10.6 Å². The summed E-state index contributed by atoms with van der Waals surface area (Å²) < 4.78 is 0. The van der Waals surface area contributed by atoms with Gasteiger partial charge in [0.15, 0.2) is 5.75 Å². The van der Waals surface area contributed by atoms with Crippen LogP contribution in [0.2, 0.25) is 10.0 Å². The molecule has 0 aliphatic carbocycles. The number of carbonyl (C=O) groups is 1. The van der Waals surface area contributed by atoms with Gasteiger partial charge in [-0.25, -0.2) is 4.79 Å². The maximum atomic E-state index is 11.8. The van der Waals surface area contributed by atoms with Gasteiger partial charge in [0.05, 0.1) is 21.7 Å². The van der Waals surface area contributed by atoms with Gasteiger partial charge in [0, 0.05) is 11.4 Å². The summed E-state index contributed by atoms with van der Waals surface area (Å²) in [7, 11) is 0. The number of aromatic hydroxyl groups is 1. The Morgan fingerprint density at radius 2 is 1.57 bits per heavy atom. The average Bonchev–Trinajstić information content (AvgIpc) is 2.45. The molecular weight excluding hydrogens is 313 g/mol. The molecule has 7 heteroatoms. The lowest BCUT2D eigenvalue weighted by Gasteiger charge is -2.09. The standard InChI is InChI=1S/C14H9Cl2N3O2/c15-11-5-10(6-12(16)13(11)20)19-14(21)18-9-3-1-8(7-17)2-4-9/h1-6,20H,(H2,18,19,21). The number of rotatable bonds is 2. The number of urea groups is 1. The monoisotopic (exact) mass is 321 g/mol. The molecule has 0 heterocycles. The van der Waals surface area contributed by atoms with Gasteiger partial charge in [-0.3, -0.25) is 0 Å². The van der Waals surface area contributed by atoms with E-state index in [4.69, 9.17) is 28.5 Å². The molecule has 0 aromatic heterocycles. The van der Waals surface area contributed by atoms with E-state index in [1.165, 1.54) is 12.1 Å². The van der Waals surface area contributed by atoms with Crippen LogP contribution < -0.4 is 10.6 Å². The number of phenols is 1. The number of nitriles is 1. The largest absolute Gasteiger partial charge is 0.505 e. The van der Waals surface area contributed by atoms with Crippen LogP contribution in [0.5, 0.6) is 5.75 Å². The molecule has 0 saturated heterocycles. The van der Waals surface area contributed by atoms with Gasteiger partial charge in [0.2, 0.25) is 0 Å². The molecule has 0 fully saturated rings. The zero-order chi connectivity index (χ0) is 15.4. The number of hydrogen-bond donors (Lipinski definition) is 3. The number of nitrogens with one attached hydrogen (secondary N) is 2. The predicted molar refractivity (Wildman–Crippen MR) is 81.9 cm³/mol.